The van der Waals surface area contributed by atoms with Crippen LogP contribution in [0.25, 0.3) is 0 Å². The van der Waals surface area contributed by atoms with Gasteiger partial charge in [-0.25, -0.2) is 0 Å². The molecule has 0 bridgehead atoms. The van der Waals surface area contributed by atoms with Crippen LogP contribution in [0.5, 0.6) is 0 Å². The maximum absolute atomic E-state index is 5.32. The average Bonchev–Trinajstić information content (AvgIpc) is 2.12. The zero-order valence-electron chi connectivity index (χ0n) is 8.22. The van der Waals surface area contributed by atoms with E-state index in [0.717, 1.165) is 19.0 Å². The maximum atomic E-state index is 5.32. The predicted molar refractivity (Wildman–Crippen MR) is 52.1 cm³/mol. The standard InChI is InChI=1S/C7H20N2O2Si/c1-10-12(3,11-2)6-4-5-9-7-8/h9H,4-8H2,1-3H3. The van der Waals surface area contributed by atoms with Crippen molar-refractivity contribution in [3.05, 3.63) is 0 Å². The molecule has 0 radical (unpaired) electrons. The van der Waals surface area contributed by atoms with Crippen molar-refractivity contribution in [2.45, 2.75) is 19.0 Å². The second-order valence-corrected chi connectivity index (χ2v) is 6.43. The third-order valence-electron chi connectivity index (χ3n) is 1.99. The molecule has 0 unspecified atom stereocenters. The fraction of sp³-hybridized carbons (Fsp3) is 1.00. The van der Waals surface area contributed by atoms with Gasteiger partial charge in [-0.05, 0) is 25.6 Å². The van der Waals surface area contributed by atoms with Gasteiger partial charge in [0, 0.05) is 20.9 Å². The number of rotatable bonds is 7. The zero-order valence-corrected chi connectivity index (χ0v) is 9.22. The molecule has 0 aliphatic heterocycles. The largest absolute Gasteiger partial charge is 0.398 e. The lowest BCUT2D eigenvalue weighted by molar-refractivity contribution is 0.248. The van der Waals surface area contributed by atoms with Crippen molar-refractivity contribution in [1.82, 2.24) is 5.32 Å². The van der Waals surface area contributed by atoms with Crippen LogP contribution in [0.2, 0.25) is 12.6 Å². The number of hydrogen-bond acceptors (Lipinski definition) is 4. The summed E-state index contributed by atoms with van der Waals surface area (Å²) >= 11 is 0. The van der Waals surface area contributed by atoms with Gasteiger partial charge in [0.25, 0.3) is 0 Å². The second-order valence-electron chi connectivity index (χ2n) is 2.85. The Balaban J connectivity index is 3.45. The third kappa shape index (κ3) is 4.84. The van der Waals surface area contributed by atoms with Gasteiger partial charge in [-0.3, -0.25) is 0 Å². The van der Waals surface area contributed by atoms with Crippen LogP contribution in [0.4, 0.5) is 0 Å². The molecule has 74 valence electrons. The van der Waals surface area contributed by atoms with E-state index in [2.05, 4.69) is 11.9 Å². The van der Waals surface area contributed by atoms with Gasteiger partial charge in [0.05, 0.1) is 0 Å². The van der Waals surface area contributed by atoms with Crippen molar-refractivity contribution in [2.24, 2.45) is 5.73 Å². The smallest absolute Gasteiger partial charge is 0.334 e. The summed E-state index contributed by atoms with van der Waals surface area (Å²) in [5, 5.41) is 3.06. The van der Waals surface area contributed by atoms with Gasteiger partial charge in [-0.15, -0.1) is 0 Å². The van der Waals surface area contributed by atoms with Crippen LogP contribution in [0.1, 0.15) is 6.42 Å². The van der Waals surface area contributed by atoms with Crippen molar-refractivity contribution in [2.75, 3.05) is 27.4 Å². The molecule has 0 atom stereocenters. The fourth-order valence-electron chi connectivity index (χ4n) is 0.924. The molecule has 0 heterocycles. The molecule has 0 aromatic rings. The Morgan fingerprint density at radius 3 is 2.33 bits per heavy atom. The topological polar surface area (TPSA) is 56.5 Å². The third-order valence-corrected chi connectivity index (χ3v) is 4.98. The summed E-state index contributed by atoms with van der Waals surface area (Å²) in [6, 6.07) is 1.01. The lowest BCUT2D eigenvalue weighted by atomic mass is 10.5. The van der Waals surface area contributed by atoms with Gasteiger partial charge >= 0.3 is 8.56 Å². The summed E-state index contributed by atoms with van der Waals surface area (Å²) in [6.45, 7) is 3.54. The Hall–Kier alpha value is 0.0569. The number of nitrogens with one attached hydrogen (secondary N) is 1. The van der Waals surface area contributed by atoms with Crippen molar-refractivity contribution in [3.8, 4) is 0 Å². The van der Waals surface area contributed by atoms with Gasteiger partial charge in [-0.1, -0.05) is 0 Å². The molecule has 5 heteroatoms. The van der Waals surface area contributed by atoms with E-state index in [4.69, 9.17) is 14.6 Å². The predicted octanol–water partition coefficient (Wildman–Crippen LogP) is 0.247. The fourth-order valence-corrected chi connectivity index (χ4v) is 2.32. The van der Waals surface area contributed by atoms with E-state index < -0.39 is 8.56 Å². The Morgan fingerprint density at radius 2 is 1.92 bits per heavy atom. The van der Waals surface area contributed by atoms with Crippen LogP contribution in [0.15, 0.2) is 0 Å². The molecule has 0 aromatic carbocycles. The summed E-state index contributed by atoms with van der Waals surface area (Å²) in [6.07, 6.45) is 1.06. The Kier molecular flexibility index (Phi) is 6.59. The van der Waals surface area contributed by atoms with Crippen molar-refractivity contribution in [1.29, 1.82) is 0 Å². The summed E-state index contributed by atoms with van der Waals surface area (Å²) in [5.74, 6) is 0. The molecule has 0 aromatic heterocycles. The summed E-state index contributed by atoms with van der Waals surface area (Å²) < 4.78 is 10.6. The van der Waals surface area contributed by atoms with Crippen LogP contribution in [0.3, 0.4) is 0 Å². The Bertz CT molecular complexity index is 110. The van der Waals surface area contributed by atoms with E-state index >= 15 is 0 Å². The highest BCUT2D eigenvalue weighted by Crippen LogP contribution is 2.12. The van der Waals surface area contributed by atoms with E-state index in [1.807, 2.05) is 0 Å². The second kappa shape index (κ2) is 6.56. The molecule has 0 saturated carbocycles. The minimum absolute atomic E-state index is 0.540. The molecular weight excluding hydrogens is 172 g/mol. The summed E-state index contributed by atoms with van der Waals surface area (Å²) in [5.41, 5.74) is 5.28. The van der Waals surface area contributed by atoms with E-state index in [0.29, 0.717) is 6.67 Å². The normalized spacial score (nSPS) is 12.0. The monoisotopic (exact) mass is 192 g/mol. The van der Waals surface area contributed by atoms with Gasteiger partial charge in [0.15, 0.2) is 0 Å². The van der Waals surface area contributed by atoms with E-state index in [1.54, 1.807) is 14.2 Å². The molecule has 0 spiro atoms. The highest BCUT2D eigenvalue weighted by molar-refractivity contribution is 6.65. The van der Waals surface area contributed by atoms with Crippen LogP contribution in [-0.2, 0) is 8.85 Å². The van der Waals surface area contributed by atoms with Crippen molar-refractivity contribution in [3.63, 3.8) is 0 Å². The highest BCUT2D eigenvalue weighted by atomic mass is 28.4. The van der Waals surface area contributed by atoms with E-state index in [1.165, 1.54) is 0 Å². The summed E-state index contributed by atoms with van der Waals surface area (Å²) in [7, 11) is 1.60. The van der Waals surface area contributed by atoms with Crippen molar-refractivity contribution >= 4 is 8.56 Å². The van der Waals surface area contributed by atoms with Crippen LogP contribution < -0.4 is 11.1 Å². The molecule has 0 saturated heterocycles. The van der Waals surface area contributed by atoms with Crippen LogP contribution in [0, 0.1) is 0 Å². The Morgan fingerprint density at radius 1 is 1.33 bits per heavy atom. The van der Waals surface area contributed by atoms with Crippen LogP contribution in [-0.4, -0.2) is 36.0 Å². The first-order valence-electron chi connectivity index (χ1n) is 4.19. The molecule has 0 rings (SSSR count). The first kappa shape index (κ1) is 12.1. The molecule has 0 aliphatic carbocycles. The first-order valence-corrected chi connectivity index (χ1v) is 6.72. The first-order chi connectivity index (χ1) is 5.68. The molecule has 12 heavy (non-hydrogen) atoms. The molecule has 3 N–H and O–H groups in total. The maximum Gasteiger partial charge on any atom is 0.334 e. The number of nitrogens with two attached hydrogens (primary N) is 1. The minimum Gasteiger partial charge on any atom is -0.398 e. The quantitative estimate of drug-likeness (QED) is 0.345. The molecular formula is C7H20N2O2Si. The van der Waals surface area contributed by atoms with Crippen molar-refractivity contribution < 1.29 is 8.85 Å². The SMILES string of the molecule is CO[Si](C)(CCCNCN)OC. The van der Waals surface area contributed by atoms with Gasteiger partial charge in [-0.2, -0.15) is 0 Å². The lowest BCUT2D eigenvalue weighted by Crippen LogP contribution is -2.37. The average molecular weight is 192 g/mol. The molecule has 0 aliphatic rings. The molecule has 0 fully saturated rings. The molecule has 0 amide bonds. The van der Waals surface area contributed by atoms with Gasteiger partial charge < -0.3 is 19.9 Å². The van der Waals surface area contributed by atoms with E-state index in [-0.39, 0.29) is 0 Å². The lowest BCUT2D eigenvalue weighted by Gasteiger charge is -2.22. The van der Waals surface area contributed by atoms with Crippen LogP contribution >= 0.6 is 0 Å². The minimum atomic E-state index is -1.83. The van der Waals surface area contributed by atoms with Gasteiger partial charge in [0.1, 0.15) is 0 Å². The van der Waals surface area contributed by atoms with E-state index in [9.17, 15) is 0 Å². The zero-order chi connectivity index (χ0) is 9.45. The Labute approximate surface area is 75.7 Å². The summed E-state index contributed by atoms with van der Waals surface area (Å²) in [4.78, 5) is 0. The van der Waals surface area contributed by atoms with Gasteiger partial charge in [0.2, 0.25) is 0 Å². The highest BCUT2D eigenvalue weighted by Gasteiger charge is 2.27. The molecule has 4 nitrogen and oxygen atoms in total. The number of hydrogen-bond donors (Lipinski definition) is 2.